The number of carbonyl (C=O) groups is 1. The number of rotatable bonds is 3. The number of hydrogen-bond acceptors (Lipinski definition) is 4. The lowest BCUT2D eigenvalue weighted by Crippen LogP contribution is -2.53. The van der Waals surface area contributed by atoms with Crippen LogP contribution in [0.4, 0.5) is 0 Å². The van der Waals surface area contributed by atoms with E-state index in [4.69, 9.17) is 33.0 Å². The molecule has 0 amide bonds. The molecule has 0 aliphatic carbocycles. The minimum atomic E-state index is -1.70. The van der Waals surface area contributed by atoms with Crippen LogP contribution in [0.3, 0.4) is 0 Å². The number of Topliss-reactive ketones (excluding diaryl/α,β-unsaturated/α-hetero) is 1. The van der Waals surface area contributed by atoms with Gasteiger partial charge in [-0.3, -0.25) is 4.79 Å². The third-order valence-corrected chi connectivity index (χ3v) is 5.11. The third-order valence-electron chi connectivity index (χ3n) is 4.60. The second-order valence-electron chi connectivity index (χ2n) is 6.43. The predicted molar refractivity (Wildman–Crippen MR) is 95.3 cm³/mol. The maximum atomic E-state index is 12.1. The maximum absolute atomic E-state index is 12.1. The Labute approximate surface area is 156 Å². The molecule has 0 spiro atoms. The fraction of sp³-hybridized carbons (Fsp3) is 0.316. The lowest BCUT2D eigenvalue weighted by molar-refractivity contribution is -0.487. The van der Waals surface area contributed by atoms with Crippen LogP contribution in [0.25, 0.3) is 0 Å². The van der Waals surface area contributed by atoms with Crippen molar-refractivity contribution in [2.45, 2.75) is 31.7 Å². The summed E-state index contributed by atoms with van der Waals surface area (Å²) in [5.41, 5.74) is 0.468. The summed E-state index contributed by atoms with van der Waals surface area (Å²) in [6, 6.07) is 14.2. The van der Waals surface area contributed by atoms with E-state index < -0.39 is 17.3 Å². The van der Waals surface area contributed by atoms with E-state index in [0.717, 1.165) is 11.1 Å². The summed E-state index contributed by atoms with van der Waals surface area (Å²) in [6.07, 6.45) is 0.221. The molecule has 3 rings (SSSR count). The Kier molecular flexibility index (Phi) is 4.93. The minimum absolute atomic E-state index is 0.180. The van der Waals surface area contributed by atoms with Crippen LogP contribution in [0.15, 0.2) is 48.5 Å². The second-order valence-corrected chi connectivity index (χ2v) is 7.30. The predicted octanol–water partition coefficient (Wildman–Crippen LogP) is 4.50. The van der Waals surface area contributed by atoms with Gasteiger partial charge in [0.25, 0.3) is 0 Å². The molecule has 1 aliphatic rings. The van der Waals surface area contributed by atoms with Gasteiger partial charge in [0.1, 0.15) is 5.78 Å². The molecular formula is C19H18Cl2O4. The summed E-state index contributed by atoms with van der Waals surface area (Å²) < 4.78 is 0. The van der Waals surface area contributed by atoms with Crippen LogP contribution in [0.2, 0.25) is 10.0 Å². The van der Waals surface area contributed by atoms with E-state index in [9.17, 15) is 9.90 Å². The molecule has 25 heavy (non-hydrogen) atoms. The van der Waals surface area contributed by atoms with E-state index in [1.165, 1.54) is 13.8 Å². The van der Waals surface area contributed by atoms with E-state index in [1.807, 2.05) is 24.3 Å². The number of carbonyl (C=O) groups excluding carboxylic acids is 1. The monoisotopic (exact) mass is 380 g/mol. The van der Waals surface area contributed by atoms with Crippen LogP contribution in [0, 0.1) is 5.92 Å². The Morgan fingerprint density at radius 1 is 1.00 bits per heavy atom. The van der Waals surface area contributed by atoms with Gasteiger partial charge in [-0.05, 0) is 49.2 Å². The maximum Gasteiger partial charge on any atom is 0.206 e. The second kappa shape index (κ2) is 6.71. The van der Waals surface area contributed by atoms with Gasteiger partial charge in [-0.25, -0.2) is 4.89 Å². The summed E-state index contributed by atoms with van der Waals surface area (Å²) in [6.45, 7) is 2.86. The van der Waals surface area contributed by atoms with Crippen LogP contribution in [0.5, 0.6) is 0 Å². The van der Waals surface area contributed by atoms with Gasteiger partial charge >= 0.3 is 0 Å². The summed E-state index contributed by atoms with van der Waals surface area (Å²) in [5, 5.41) is 11.6. The molecule has 0 bridgehead atoms. The van der Waals surface area contributed by atoms with Gasteiger partial charge in [-0.15, -0.1) is 0 Å². The largest absolute Gasteiger partial charge is 0.363 e. The highest BCUT2D eigenvalue weighted by molar-refractivity contribution is 6.30. The zero-order chi connectivity index (χ0) is 18.2. The normalized spacial score (nSPS) is 25.6. The first-order chi connectivity index (χ1) is 11.7. The molecule has 2 atom stereocenters. The van der Waals surface area contributed by atoms with E-state index in [1.54, 1.807) is 24.3 Å². The molecule has 2 aromatic carbocycles. The number of benzene rings is 2. The molecular weight excluding hydrogens is 363 g/mol. The summed E-state index contributed by atoms with van der Waals surface area (Å²) in [5.74, 6) is -2.64. The highest BCUT2D eigenvalue weighted by Crippen LogP contribution is 2.47. The summed E-state index contributed by atoms with van der Waals surface area (Å²) in [7, 11) is 0. The fourth-order valence-corrected chi connectivity index (χ4v) is 3.43. The van der Waals surface area contributed by atoms with E-state index >= 15 is 0 Å². The first kappa shape index (κ1) is 18.4. The molecule has 0 saturated carbocycles. The number of hydrogen-bond donors (Lipinski definition) is 1. The van der Waals surface area contributed by atoms with Crippen LogP contribution in [-0.2, 0) is 20.2 Å². The molecule has 4 nitrogen and oxygen atoms in total. The Morgan fingerprint density at radius 3 is 1.84 bits per heavy atom. The van der Waals surface area contributed by atoms with Gasteiger partial charge in [0.2, 0.25) is 5.79 Å². The standard InChI is InChI=1S/C19H18Cl2O4/c1-12(22)17-11-19(25-24-18(17,2)23,13-3-7-15(20)8-4-13)14-5-9-16(21)10-6-14/h3-10,17,23H,11H2,1-2H3. The van der Waals surface area contributed by atoms with Crippen molar-refractivity contribution >= 4 is 29.0 Å². The quantitative estimate of drug-likeness (QED) is 0.796. The molecule has 2 aromatic rings. The zero-order valence-corrected chi connectivity index (χ0v) is 15.3. The van der Waals surface area contributed by atoms with Crippen molar-refractivity contribution in [1.29, 1.82) is 0 Å². The van der Waals surface area contributed by atoms with Crippen molar-refractivity contribution in [3.8, 4) is 0 Å². The van der Waals surface area contributed by atoms with E-state index in [2.05, 4.69) is 0 Å². The average Bonchev–Trinajstić information content (AvgIpc) is 2.56. The van der Waals surface area contributed by atoms with Gasteiger partial charge < -0.3 is 5.11 Å². The Hall–Kier alpha value is -1.43. The topological polar surface area (TPSA) is 55.8 Å². The molecule has 0 radical (unpaired) electrons. The van der Waals surface area contributed by atoms with Crippen molar-refractivity contribution in [1.82, 2.24) is 0 Å². The Balaban J connectivity index is 2.14. The van der Waals surface area contributed by atoms with Crippen molar-refractivity contribution in [2.75, 3.05) is 0 Å². The molecule has 132 valence electrons. The van der Waals surface area contributed by atoms with Gasteiger partial charge in [-0.2, -0.15) is 4.89 Å². The van der Waals surface area contributed by atoms with E-state index in [0.29, 0.717) is 10.0 Å². The van der Waals surface area contributed by atoms with Crippen molar-refractivity contribution in [3.63, 3.8) is 0 Å². The van der Waals surface area contributed by atoms with Crippen molar-refractivity contribution in [3.05, 3.63) is 69.7 Å². The molecule has 0 aromatic heterocycles. The number of halogens is 2. The molecule has 6 heteroatoms. The van der Waals surface area contributed by atoms with E-state index in [-0.39, 0.29) is 12.2 Å². The van der Waals surface area contributed by atoms with Gasteiger partial charge in [-0.1, -0.05) is 47.5 Å². The smallest absolute Gasteiger partial charge is 0.206 e. The Morgan fingerprint density at radius 2 is 1.44 bits per heavy atom. The van der Waals surface area contributed by atoms with Gasteiger partial charge in [0.15, 0.2) is 5.60 Å². The molecule has 1 heterocycles. The van der Waals surface area contributed by atoms with Crippen LogP contribution in [-0.4, -0.2) is 16.7 Å². The zero-order valence-electron chi connectivity index (χ0n) is 13.8. The summed E-state index contributed by atoms with van der Waals surface area (Å²) >= 11 is 12.0. The fourth-order valence-electron chi connectivity index (χ4n) is 3.18. The van der Waals surface area contributed by atoms with Crippen molar-refractivity contribution in [2.24, 2.45) is 5.92 Å². The third kappa shape index (κ3) is 3.46. The van der Waals surface area contributed by atoms with Crippen LogP contribution in [0.1, 0.15) is 31.4 Å². The number of aliphatic hydroxyl groups is 1. The first-order valence-electron chi connectivity index (χ1n) is 7.86. The van der Waals surface area contributed by atoms with Crippen molar-refractivity contribution < 1.29 is 19.7 Å². The van der Waals surface area contributed by atoms with Gasteiger partial charge in [0.05, 0.1) is 5.92 Å². The molecule has 2 unspecified atom stereocenters. The summed E-state index contributed by atoms with van der Waals surface area (Å²) in [4.78, 5) is 23.2. The molecule has 1 saturated heterocycles. The average molecular weight is 381 g/mol. The van der Waals surface area contributed by atoms with Crippen LogP contribution < -0.4 is 0 Å². The Bertz CT molecular complexity index is 724. The highest BCUT2D eigenvalue weighted by Gasteiger charge is 2.52. The van der Waals surface area contributed by atoms with Crippen LogP contribution >= 0.6 is 23.2 Å². The molecule has 1 N–H and O–H groups in total. The number of ketones is 1. The minimum Gasteiger partial charge on any atom is -0.363 e. The lowest BCUT2D eigenvalue weighted by Gasteiger charge is -2.45. The van der Waals surface area contributed by atoms with Gasteiger partial charge in [0, 0.05) is 16.5 Å². The SMILES string of the molecule is CC(=O)C1CC(c2ccc(Cl)cc2)(c2ccc(Cl)cc2)OOC1(C)O. The lowest BCUT2D eigenvalue weighted by atomic mass is 9.75. The molecule has 1 aliphatic heterocycles. The molecule has 1 fully saturated rings. The highest BCUT2D eigenvalue weighted by atomic mass is 35.5. The first-order valence-corrected chi connectivity index (χ1v) is 8.62.